The maximum atomic E-state index is 3.94. The lowest BCUT2D eigenvalue weighted by Gasteiger charge is -2.51. The van der Waals surface area contributed by atoms with Crippen molar-refractivity contribution in [2.45, 2.75) is 26.7 Å². The van der Waals surface area contributed by atoms with Crippen molar-refractivity contribution < 1.29 is 0 Å². The summed E-state index contributed by atoms with van der Waals surface area (Å²) in [6.45, 7) is 14.6. The zero-order chi connectivity index (χ0) is 9.19. The van der Waals surface area contributed by atoms with Gasteiger partial charge in [-0.05, 0) is 18.9 Å². The molecule has 0 aromatic heterocycles. The summed E-state index contributed by atoms with van der Waals surface area (Å²) in [6.07, 6.45) is 4.41. The second kappa shape index (κ2) is 3.34. The van der Waals surface area contributed by atoms with Crippen LogP contribution in [0.2, 0.25) is 0 Å². The van der Waals surface area contributed by atoms with Crippen molar-refractivity contribution in [3.63, 3.8) is 0 Å². The molecule has 1 heteroatoms. The van der Waals surface area contributed by atoms with Gasteiger partial charge in [-0.25, -0.2) is 0 Å². The molecule has 0 aromatic rings. The molecular weight excluding hydrogens is 146 g/mol. The Morgan fingerprint density at radius 2 is 1.92 bits per heavy atom. The van der Waals surface area contributed by atoms with Crippen LogP contribution in [0, 0.1) is 5.41 Å². The summed E-state index contributed by atoms with van der Waals surface area (Å²) in [5.74, 6) is 0. The predicted molar refractivity (Wildman–Crippen MR) is 53.9 cm³/mol. The third-order valence-electron chi connectivity index (χ3n) is 3.19. The van der Waals surface area contributed by atoms with Crippen molar-refractivity contribution in [3.8, 4) is 0 Å². The van der Waals surface area contributed by atoms with E-state index in [-0.39, 0.29) is 0 Å². The van der Waals surface area contributed by atoms with E-state index < -0.39 is 0 Å². The molecular formula is C11H19N. The van der Waals surface area contributed by atoms with Crippen molar-refractivity contribution in [2.24, 2.45) is 5.41 Å². The summed E-state index contributed by atoms with van der Waals surface area (Å²) < 4.78 is 0. The molecule has 0 amide bonds. The Labute approximate surface area is 75.8 Å². The van der Waals surface area contributed by atoms with Crippen molar-refractivity contribution >= 4 is 0 Å². The summed E-state index contributed by atoms with van der Waals surface area (Å²) >= 11 is 0. The minimum Gasteiger partial charge on any atom is -0.371 e. The maximum Gasteiger partial charge on any atom is 0.0287 e. The number of allylic oxidation sites excluding steroid dienone is 1. The monoisotopic (exact) mass is 165 g/mol. The van der Waals surface area contributed by atoms with Crippen molar-refractivity contribution in [1.29, 1.82) is 0 Å². The van der Waals surface area contributed by atoms with Crippen LogP contribution in [0.25, 0.3) is 0 Å². The highest BCUT2D eigenvalue weighted by Crippen LogP contribution is 2.38. The number of rotatable bonds is 4. The molecule has 68 valence electrons. The van der Waals surface area contributed by atoms with E-state index in [2.05, 4.69) is 31.9 Å². The van der Waals surface area contributed by atoms with Gasteiger partial charge in [-0.2, -0.15) is 0 Å². The molecule has 1 aliphatic heterocycles. The third-order valence-corrected chi connectivity index (χ3v) is 3.19. The van der Waals surface area contributed by atoms with Gasteiger partial charge in [-0.1, -0.05) is 27.0 Å². The smallest absolute Gasteiger partial charge is 0.0287 e. The molecule has 0 N–H and O–H groups in total. The highest BCUT2D eigenvalue weighted by atomic mass is 15.2. The van der Waals surface area contributed by atoms with Gasteiger partial charge < -0.3 is 4.90 Å². The number of hydrogen-bond donors (Lipinski definition) is 0. The molecule has 12 heavy (non-hydrogen) atoms. The average Bonchev–Trinajstić information content (AvgIpc) is 2.04. The van der Waals surface area contributed by atoms with E-state index in [4.69, 9.17) is 0 Å². The first-order valence-electron chi connectivity index (χ1n) is 4.73. The zero-order valence-electron chi connectivity index (χ0n) is 8.27. The van der Waals surface area contributed by atoms with Crippen LogP contribution in [-0.2, 0) is 0 Å². The molecule has 0 spiro atoms. The topological polar surface area (TPSA) is 3.24 Å². The lowest BCUT2D eigenvalue weighted by molar-refractivity contribution is 0.0255. The van der Waals surface area contributed by atoms with Gasteiger partial charge in [0, 0.05) is 24.2 Å². The number of hydrogen-bond acceptors (Lipinski definition) is 1. The van der Waals surface area contributed by atoms with E-state index in [0.29, 0.717) is 5.41 Å². The Morgan fingerprint density at radius 3 is 2.25 bits per heavy atom. The standard InChI is InChI=1S/C11H19N/c1-5-10(4)12-8-11(6-2,7-3)9-12/h5H,1,4,6-9H2,2-3H3. The molecule has 0 radical (unpaired) electrons. The van der Waals surface area contributed by atoms with E-state index >= 15 is 0 Å². The molecule has 1 rings (SSSR count). The zero-order valence-corrected chi connectivity index (χ0v) is 8.27. The van der Waals surface area contributed by atoms with E-state index in [0.717, 1.165) is 5.70 Å². The van der Waals surface area contributed by atoms with Crippen LogP contribution in [0.15, 0.2) is 24.9 Å². The van der Waals surface area contributed by atoms with Gasteiger partial charge in [0.15, 0.2) is 0 Å². The Morgan fingerprint density at radius 1 is 1.42 bits per heavy atom. The normalized spacial score (nSPS) is 20.0. The molecule has 1 aliphatic rings. The molecule has 0 unspecified atom stereocenters. The maximum absolute atomic E-state index is 3.94. The summed E-state index contributed by atoms with van der Waals surface area (Å²) in [5.41, 5.74) is 1.65. The van der Waals surface area contributed by atoms with Crippen molar-refractivity contribution in [1.82, 2.24) is 4.90 Å². The van der Waals surface area contributed by atoms with Crippen LogP contribution in [-0.4, -0.2) is 18.0 Å². The fourth-order valence-electron chi connectivity index (χ4n) is 1.79. The van der Waals surface area contributed by atoms with Crippen LogP contribution in [0.1, 0.15) is 26.7 Å². The van der Waals surface area contributed by atoms with Crippen LogP contribution in [0.5, 0.6) is 0 Å². The molecule has 0 aliphatic carbocycles. The Kier molecular flexibility index (Phi) is 2.61. The van der Waals surface area contributed by atoms with E-state index in [9.17, 15) is 0 Å². The molecule has 0 atom stereocenters. The van der Waals surface area contributed by atoms with E-state index in [1.807, 2.05) is 6.08 Å². The fourth-order valence-corrected chi connectivity index (χ4v) is 1.79. The molecule has 1 fully saturated rings. The first-order chi connectivity index (χ1) is 5.67. The minimum absolute atomic E-state index is 0.575. The second-order valence-electron chi connectivity index (χ2n) is 3.76. The highest BCUT2D eigenvalue weighted by molar-refractivity contribution is 5.15. The molecule has 1 nitrogen and oxygen atoms in total. The Bertz CT molecular complexity index is 181. The average molecular weight is 165 g/mol. The Balaban J connectivity index is 2.45. The number of likely N-dealkylation sites (tertiary alicyclic amines) is 1. The van der Waals surface area contributed by atoms with Gasteiger partial charge in [0.1, 0.15) is 0 Å². The largest absolute Gasteiger partial charge is 0.371 e. The number of nitrogens with zero attached hydrogens (tertiary/aromatic N) is 1. The quantitative estimate of drug-likeness (QED) is 0.579. The molecule has 0 bridgehead atoms. The Hall–Kier alpha value is -0.720. The summed E-state index contributed by atoms with van der Waals surface area (Å²) in [7, 11) is 0. The van der Waals surface area contributed by atoms with Gasteiger partial charge >= 0.3 is 0 Å². The molecule has 1 saturated heterocycles. The van der Waals surface area contributed by atoms with E-state index in [1.165, 1.54) is 25.9 Å². The minimum atomic E-state index is 0.575. The van der Waals surface area contributed by atoms with Crippen LogP contribution >= 0.6 is 0 Å². The first kappa shape index (κ1) is 9.37. The van der Waals surface area contributed by atoms with Crippen LogP contribution in [0.4, 0.5) is 0 Å². The second-order valence-corrected chi connectivity index (χ2v) is 3.76. The van der Waals surface area contributed by atoms with Gasteiger partial charge in [0.2, 0.25) is 0 Å². The first-order valence-corrected chi connectivity index (χ1v) is 4.73. The van der Waals surface area contributed by atoms with Crippen molar-refractivity contribution in [3.05, 3.63) is 24.9 Å². The van der Waals surface area contributed by atoms with Crippen molar-refractivity contribution in [2.75, 3.05) is 13.1 Å². The van der Waals surface area contributed by atoms with Gasteiger partial charge in [0.05, 0.1) is 0 Å². The fraction of sp³-hybridized carbons (Fsp3) is 0.636. The van der Waals surface area contributed by atoms with Gasteiger partial charge in [-0.15, -0.1) is 0 Å². The highest BCUT2D eigenvalue weighted by Gasteiger charge is 2.39. The molecule has 0 aromatic carbocycles. The van der Waals surface area contributed by atoms with Crippen LogP contribution < -0.4 is 0 Å². The molecule has 0 saturated carbocycles. The SMILES string of the molecule is C=CC(=C)N1CC(CC)(CC)C1. The van der Waals surface area contributed by atoms with Gasteiger partial charge in [-0.3, -0.25) is 0 Å². The lowest BCUT2D eigenvalue weighted by Crippen LogP contribution is -2.54. The summed E-state index contributed by atoms with van der Waals surface area (Å²) in [4.78, 5) is 2.31. The van der Waals surface area contributed by atoms with E-state index in [1.54, 1.807) is 0 Å². The predicted octanol–water partition coefficient (Wildman–Crippen LogP) is 2.81. The summed E-state index contributed by atoms with van der Waals surface area (Å²) in [6, 6.07) is 0. The summed E-state index contributed by atoms with van der Waals surface area (Å²) in [5, 5.41) is 0. The third kappa shape index (κ3) is 1.40. The van der Waals surface area contributed by atoms with Gasteiger partial charge in [0.25, 0.3) is 0 Å². The lowest BCUT2D eigenvalue weighted by atomic mass is 9.75. The van der Waals surface area contributed by atoms with Crippen LogP contribution in [0.3, 0.4) is 0 Å². The molecule has 1 heterocycles.